The quantitative estimate of drug-likeness (QED) is 0.0552. The Bertz CT molecular complexity index is 3500. The van der Waals surface area contributed by atoms with Crippen LogP contribution in [0.1, 0.15) is 291 Å². The molecule has 648 valence electrons. The van der Waals surface area contributed by atoms with Gasteiger partial charge in [-0.25, -0.2) is 19.9 Å². The van der Waals surface area contributed by atoms with E-state index < -0.39 is 0 Å². The van der Waals surface area contributed by atoms with E-state index in [4.69, 9.17) is 35.3 Å². The highest BCUT2D eigenvalue weighted by atomic mass is 32.1. The second-order valence-electron chi connectivity index (χ2n) is 24.8. The molecule has 24 heteroatoms. The standard InChI is InChI=1S/2C10H11NO2.2C10H11NOS.2C9H13NO2.2C9H13NOS.8C2H6/c1-7(2)10-11-9(6-13-10)8-3-4-12-5-8;1-7(2)10-11-8(6-13-10)9-4-3-5-12-9;1-7(2)10-11-9(5-12-10)8-3-4-13-6-8;1-7(2)10-11-8(6-12-10)9-4-3-5-13-9;1-7(2)9(11)10-5-8-3-4-12-6-8;1-7(2)9(11)10-6-8-4-3-5-12-8;1-7(2)9(11)10-5-8-3-4-12-6-8;1-7(2)9(11)10-6-8-4-3-5-12-8;8*1-2/h4*3-7H,1-2H3;3-4,6-7H,5H2,1-2H3,(H,10,11);3-5,7H,6H2,1-2H3,(H,10,11);3-4,6-7H,5H2,1-2H3,(H,10,11);3-5,7H,6H2,1-2H3,(H,10,11);8*1-2H3. The molecule has 4 N–H and O–H groups in total. The summed E-state index contributed by atoms with van der Waals surface area (Å²) in [5, 5.41) is 23.5. The lowest BCUT2D eigenvalue weighted by atomic mass is 10.2. The Balaban J connectivity index is -0.000000602. The SMILES string of the molecule is CC.CC.CC.CC.CC.CC.CC.CC.CC(C)C(=O)NCc1ccco1.CC(C)C(=O)NCc1cccs1.CC(C)C(=O)NCc1ccoc1.CC(C)C(=O)NCc1ccsc1.CC(C)c1nc(-c2ccco2)co1.CC(C)c1nc(-c2cccs2)co1.CC(C)c1nc(-c2ccoc2)co1.CC(C)c1nc(-c2ccsc2)co1. The number of carbonyl (C=O) groups is 4. The van der Waals surface area contributed by atoms with Crippen molar-refractivity contribution in [3.05, 3.63) is 213 Å². The van der Waals surface area contributed by atoms with Crippen molar-refractivity contribution in [1.29, 1.82) is 0 Å². The molecule has 0 radical (unpaired) electrons. The summed E-state index contributed by atoms with van der Waals surface area (Å²) >= 11 is 6.66. The zero-order chi connectivity index (χ0) is 88.9. The largest absolute Gasteiger partial charge is 0.472 e. The highest BCUT2D eigenvalue weighted by molar-refractivity contribution is 7.13. The molecule has 0 spiro atoms. The molecule has 20 nitrogen and oxygen atoms in total. The maximum Gasteiger partial charge on any atom is 0.222 e. The lowest BCUT2D eigenvalue weighted by molar-refractivity contribution is -0.124. The van der Waals surface area contributed by atoms with Crippen molar-refractivity contribution in [3.8, 4) is 44.5 Å². The van der Waals surface area contributed by atoms with E-state index in [1.807, 2.05) is 287 Å². The van der Waals surface area contributed by atoms with Gasteiger partial charge in [0.25, 0.3) is 0 Å². The van der Waals surface area contributed by atoms with Crippen LogP contribution in [0.5, 0.6) is 0 Å². The summed E-state index contributed by atoms with van der Waals surface area (Å²) < 4.78 is 41.3. The maximum absolute atomic E-state index is 11.1. The van der Waals surface area contributed by atoms with Gasteiger partial charge >= 0.3 is 0 Å². The van der Waals surface area contributed by atoms with Crippen LogP contribution in [0, 0.1) is 23.7 Å². The fourth-order valence-corrected chi connectivity index (χ4v) is 10.2. The first-order chi connectivity index (χ1) is 55.9. The van der Waals surface area contributed by atoms with Crippen LogP contribution >= 0.6 is 45.3 Å². The monoisotopic (exact) mass is 1680 g/mol. The molecular weight excluding hydrogens is 1540 g/mol. The minimum Gasteiger partial charge on any atom is -0.472 e. The number of rotatable bonds is 20. The van der Waals surface area contributed by atoms with Gasteiger partial charge in [-0.05, 0) is 93.1 Å². The second-order valence-corrected chi connectivity index (χ2v) is 28.3. The normalized spacial score (nSPS) is 9.59. The zero-order valence-electron chi connectivity index (χ0n) is 75.9. The molecule has 0 aliphatic carbocycles. The summed E-state index contributed by atoms with van der Waals surface area (Å²) in [6.07, 6.45) is 16.4. The number of hydrogen-bond acceptors (Lipinski definition) is 20. The molecule has 0 unspecified atom stereocenters. The predicted octanol–water partition coefficient (Wildman–Crippen LogP) is 28.5. The Kier molecular flexibility index (Phi) is 70.2. The molecule has 12 rings (SSSR count). The maximum atomic E-state index is 11.1. The van der Waals surface area contributed by atoms with Crippen LogP contribution in [0.2, 0.25) is 0 Å². The smallest absolute Gasteiger partial charge is 0.222 e. The molecule has 0 aliphatic heterocycles. The van der Waals surface area contributed by atoms with Crippen LogP contribution < -0.4 is 21.3 Å². The number of aromatic nitrogens is 4. The molecule has 0 atom stereocenters. The molecule has 0 aliphatic rings. The number of oxazole rings is 4. The van der Waals surface area contributed by atoms with E-state index in [0.717, 1.165) is 79.4 Å². The van der Waals surface area contributed by atoms with E-state index in [1.165, 1.54) is 10.4 Å². The van der Waals surface area contributed by atoms with E-state index in [1.54, 1.807) is 114 Å². The molecule has 12 heterocycles. The van der Waals surface area contributed by atoms with Crippen LogP contribution in [-0.4, -0.2) is 43.6 Å². The lowest BCUT2D eigenvalue weighted by Crippen LogP contribution is -2.26. The van der Waals surface area contributed by atoms with Gasteiger partial charge < -0.3 is 56.6 Å². The molecule has 0 aromatic carbocycles. The van der Waals surface area contributed by atoms with E-state index in [0.29, 0.717) is 49.9 Å². The summed E-state index contributed by atoms with van der Waals surface area (Å²) in [6, 6.07) is 23.2. The summed E-state index contributed by atoms with van der Waals surface area (Å²) in [5.41, 5.74) is 7.73. The van der Waals surface area contributed by atoms with Crippen LogP contribution in [0.3, 0.4) is 0 Å². The predicted molar refractivity (Wildman–Crippen MR) is 488 cm³/mol. The Morgan fingerprint density at radius 1 is 0.328 bits per heavy atom. The van der Waals surface area contributed by atoms with Gasteiger partial charge in [0.2, 0.25) is 23.6 Å². The van der Waals surface area contributed by atoms with Crippen LogP contribution in [0.25, 0.3) is 44.5 Å². The van der Waals surface area contributed by atoms with Crippen LogP contribution in [0.4, 0.5) is 0 Å². The highest BCUT2D eigenvalue weighted by Crippen LogP contribution is 2.28. The Morgan fingerprint density at radius 3 is 1.09 bits per heavy atom. The van der Waals surface area contributed by atoms with Crippen molar-refractivity contribution in [2.75, 3.05) is 0 Å². The highest BCUT2D eigenvalue weighted by Gasteiger charge is 2.15. The van der Waals surface area contributed by atoms with Gasteiger partial charge in [0.15, 0.2) is 29.3 Å². The van der Waals surface area contributed by atoms with E-state index in [9.17, 15) is 19.2 Å². The van der Waals surface area contributed by atoms with E-state index in [-0.39, 0.29) is 47.3 Å². The third-order valence-corrected chi connectivity index (χ3v) is 16.7. The van der Waals surface area contributed by atoms with E-state index >= 15 is 0 Å². The van der Waals surface area contributed by atoms with Gasteiger partial charge in [-0.2, -0.15) is 22.7 Å². The van der Waals surface area contributed by atoms with Crippen LogP contribution in [-0.2, 0) is 45.4 Å². The number of nitrogens with zero attached hydrogens (tertiary/aromatic N) is 4. The molecule has 0 bridgehead atoms. The average Bonchev–Trinajstić information content (AvgIpc) is 1.74. The van der Waals surface area contributed by atoms with Gasteiger partial charge in [0.05, 0.1) is 55.5 Å². The van der Waals surface area contributed by atoms with Crippen molar-refractivity contribution in [2.24, 2.45) is 23.7 Å². The zero-order valence-corrected chi connectivity index (χ0v) is 79.2. The lowest BCUT2D eigenvalue weighted by Gasteiger charge is -2.05. The van der Waals surface area contributed by atoms with Crippen molar-refractivity contribution >= 4 is 69.0 Å². The number of carbonyl (C=O) groups excluding carboxylic acids is 4. The van der Waals surface area contributed by atoms with Crippen molar-refractivity contribution in [3.63, 3.8) is 0 Å². The number of thiophene rings is 4. The summed E-state index contributed by atoms with van der Waals surface area (Å²) in [4.78, 5) is 64.2. The van der Waals surface area contributed by atoms with E-state index in [2.05, 4.69) is 74.3 Å². The summed E-state index contributed by atoms with van der Waals surface area (Å²) in [5.74, 6) is 6.54. The molecular formula is C92H144N8O12S4. The fraction of sp³-hybridized carbons (Fsp3) is 0.478. The van der Waals surface area contributed by atoms with Gasteiger partial charge in [-0.1, -0.05) is 234 Å². The Hall–Kier alpha value is -9.36. The third kappa shape index (κ3) is 49.5. The number of hydrogen-bond donors (Lipinski definition) is 4. The van der Waals surface area contributed by atoms with Gasteiger partial charge in [0, 0.05) is 87.4 Å². The summed E-state index contributed by atoms with van der Waals surface area (Å²) in [6.45, 7) is 65.8. The second kappa shape index (κ2) is 72.1. The first-order valence-corrected chi connectivity index (χ1v) is 44.6. The summed E-state index contributed by atoms with van der Waals surface area (Å²) in [7, 11) is 0. The first-order valence-electron chi connectivity index (χ1n) is 41.0. The molecule has 0 saturated heterocycles. The topological polar surface area (TPSA) is 273 Å². The van der Waals surface area contributed by atoms with Crippen molar-refractivity contribution in [2.45, 2.75) is 271 Å². The number of nitrogens with one attached hydrogen (secondary N) is 4. The molecule has 4 amide bonds. The number of furan rings is 4. The molecule has 12 aromatic heterocycles. The van der Waals surface area contributed by atoms with Gasteiger partial charge in [0.1, 0.15) is 53.6 Å². The minimum absolute atomic E-state index is 0.0277. The van der Waals surface area contributed by atoms with Gasteiger partial charge in [-0.3, -0.25) is 19.2 Å². The van der Waals surface area contributed by atoms with Crippen molar-refractivity contribution < 1.29 is 54.5 Å². The Labute approximate surface area is 712 Å². The average molecular weight is 1680 g/mol. The Morgan fingerprint density at radius 2 is 0.724 bits per heavy atom. The van der Waals surface area contributed by atoms with Crippen molar-refractivity contribution in [1.82, 2.24) is 41.2 Å². The fourth-order valence-electron chi connectivity index (χ4n) is 7.53. The van der Waals surface area contributed by atoms with Crippen LogP contribution in [0.15, 0.2) is 203 Å². The van der Waals surface area contributed by atoms with Gasteiger partial charge in [-0.15, -0.1) is 22.7 Å². The molecule has 116 heavy (non-hydrogen) atoms. The third-order valence-electron chi connectivity index (χ3n) is 13.5. The molecule has 12 aromatic rings. The molecule has 0 fully saturated rings. The minimum atomic E-state index is 0.0277. The number of amides is 4. The molecule has 0 saturated carbocycles. The first kappa shape index (κ1) is 113.